The molecule has 0 spiro atoms. The van der Waals surface area contributed by atoms with Gasteiger partial charge in [0.15, 0.2) is 0 Å². The Labute approximate surface area is 318 Å². The number of fused-ring (bicyclic) bond motifs is 11. The molecule has 1 aromatic heterocycles. The molecule has 0 amide bonds. The van der Waals surface area contributed by atoms with Crippen LogP contribution in [0.25, 0.3) is 66.1 Å². The van der Waals surface area contributed by atoms with Gasteiger partial charge in [0.05, 0.1) is 5.69 Å². The lowest BCUT2D eigenvalue weighted by Crippen LogP contribution is -2.49. The number of benzene rings is 8. The molecule has 0 N–H and O–H groups in total. The van der Waals surface area contributed by atoms with E-state index in [0.717, 1.165) is 16.9 Å². The molecule has 2 aliphatic heterocycles. The van der Waals surface area contributed by atoms with Gasteiger partial charge in [0.2, 0.25) is 0 Å². The number of nitrogens with zero attached hydrogens (tertiary/aromatic N) is 1. The fourth-order valence-electron chi connectivity index (χ4n) is 9.77. The van der Waals surface area contributed by atoms with Crippen LogP contribution in [-0.2, 0) is 0 Å². The van der Waals surface area contributed by atoms with Gasteiger partial charge < -0.3 is 9.32 Å². The molecule has 2 nitrogen and oxygen atoms in total. The van der Waals surface area contributed by atoms with Crippen LogP contribution in [0, 0.1) is 0 Å². The van der Waals surface area contributed by atoms with E-state index in [2.05, 4.69) is 195 Å². The number of anilines is 3. The lowest BCUT2D eigenvalue weighted by atomic mass is 9.97. The summed E-state index contributed by atoms with van der Waals surface area (Å²) in [6.07, 6.45) is 0. The van der Waals surface area contributed by atoms with Crippen LogP contribution in [-0.4, -0.2) is 16.1 Å². The van der Waals surface area contributed by atoms with Crippen molar-refractivity contribution in [2.75, 3.05) is 4.90 Å². The summed E-state index contributed by atoms with van der Waals surface area (Å²) in [6.45, 7) is 10.0. The maximum atomic E-state index is 6.67. The van der Waals surface area contributed by atoms with E-state index in [0.29, 0.717) is 0 Å². The first-order valence-electron chi connectivity index (χ1n) is 19.0. The smallest absolute Gasteiger partial charge is 0.143 e. The highest BCUT2D eigenvalue weighted by atomic mass is 28.3. The molecule has 0 saturated heterocycles. The molecule has 2 aliphatic rings. The number of furan rings is 1. The van der Waals surface area contributed by atoms with E-state index in [1.807, 2.05) is 0 Å². The molecule has 0 bridgehead atoms. The van der Waals surface area contributed by atoms with Crippen molar-refractivity contribution in [1.29, 1.82) is 0 Å². The summed E-state index contributed by atoms with van der Waals surface area (Å²) in [5.74, 6) is 0. The second-order valence-electron chi connectivity index (χ2n) is 16.1. The summed E-state index contributed by atoms with van der Waals surface area (Å²) in [6, 6.07) is 61.1. The molecule has 0 saturated carbocycles. The minimum Gasteiger partial charge on any atom is -0.455 e. The molecule has 0 unspecified atom stereocenters. The molecule has 54 heavy (non-hydrogen) atoms. The summed E-state index contributed by atoms with van der Waals surface area (Å²) in [5.41, 5.74) is 13.4. The molecule has 0 radical (unpaired) electrons. The third-order valence-electron chi connectivity index (χ3n) is 12.5. The molecule has 0 fully saturated rings. The number of para-hydroxylation sites is 1. The van der Waals surface area contributed by atoms with Gasteiger partial charge in [-0.05, 0) is 90.2 Å². The fourth-order valence-corrected chi connectivity index (χ4v) is 15.9. The zero-order chi connectivity index (χ0) is 36.3. The van der Waals surface area contributed by atoms with Gasteiger partial charge in [-0.25, -0.2) is 0 Å². The zero-order valence-corrected chi connectivity index (χ0v) is 32.9. The van der Waals surface area contributed by atoms with Gasteiger partial charge in [-0.15, -0.1) is 0 Å². The van der Waals surface area contributed by atoms with E-state index in [1.165, 1.54) is 87.0 Å². The van der Waals surface area contributed by atoms with Crippen molar-refractivity contribution in [3.05, 3.63) is 164 Å². The van der Waals surface area contributed by atoms with Crippen LogP contribution in [0.5, 0.6) is 0 Å². The average molecular weight is 726 g/mol. The topological polar surface area (TPSA) is 16.4 Å². The first-order chi connectivity index (χ1) is 26.3. The van der Waals surface area contributed by atoms with Crippen molar-refractivity contribution in [2.45, 2.75) is 26.2 Å². The molecule has 3 heterocycles. The molecule has 9 aromatic rings. The summed E-state index contributed by atoms with van der Waals surface area (Å²) >= 11 is 0. The zero-order valence-electron chi connectivity index (χ0n) is 30.9. The van der Waals surface area contributed by atoms with Gasteiger partial charge >= 0.3 is 0 Å². The lowest BCUT2D eigenvalue weighted by molar-refractivity contribution is 0.670. The Hall–Kier alpha value is -5.95. The third kappa shape index (κ3) is 4.32. The normalized spacial score (nSPS) is 14.6. The Morgan fingerprint density at radius 1 is 0.426 bits per heavy atom. The van der Waals surface area contributed by atoms with Gasteiger partial charge in [0.25, 0.3) is 0 Å². The maximum Gasteiger partial charge on any atom is 0.143 e. The van der Waals surface area contributed by atoms with Crippen molar-refractivity contribution < 1.29 is 4.42 Å². The van der Waals surface area contributed by atoms with Gasteiger partial charge in [0.1, 0.15) is 27.3 Å². The summed E-state index contributed by atoms with van der Waals surface area (Å²) in [4.78, 5) is 2.55. The van der Waals surface area contributed by atoms with Crippen LogP contribution in [0.2, 0.25) is 26.2 Å². The first-order valence-corrected chi connectivity index (χ1v) is 25.0. The quantitative estimate of drug-likeness (QED) is 0.168. The van der Waals surface area contributed by atoms with Crippen molar-refractivity contribution in [2.24, 2.45) is 0 Å². The molecule has 0 atom stereocenters. The Morgan fingerprint density at radius 3 is 1.98 bits per heavy atom. The van der Waals surface area contributed by atoms with Crippen LogP contribution in [0.4, 0.5) is 17.1 Å². The van der Waals surface area contributed by atoms with Crippen LogP contribution in [0.3, 0.4) is 0 Å². The van der Waals surface area contributed by atoms with Crippen LogP contribution in [0.15, 0.2) is 168 Å². The monoisotopic (exact) mass is 725 g/mol. The second-order valence-corrected chi connectivity index (χ2v) is 24.8. The summed E-state index contributed by atoms with van der Waals surface area (Å²) < 4.78 is 6.67. The van der Waals surface area contributed by atoms with E-state index in [4.69, 9.17) is 4.42 Å². The van der Waals surface area contributed by atoms with E-state index < -0.39 is 16.1 Å². The summed E-state index contributed by atoms with van der Waals surface area (Å²) in [7, 11) is -4.01. The first kappa shape index (κ1) is 31.6. The minimum atomic E-state index is -2.10. The molecule has 4 heteroatoms. The van der Waals surface area contributed by atoms with E-state index in [1.54, 1.807) is 0 Å². The van der Waals surface area contributed by atoms with Crippen LogP contribution >= 0.6 is 0 Å². The van der Waals surface area contributed by atoms with Gasteiger partial charge in [0, 0.05) is 33.3 Å². The van der Waals surface area contributed by atoms with Gasteiger partial charge in [-0.3, -0.25) is 0 Å². The molecule has 258 valence electrons. The van der Waals surface area contributed by atoms with Crippen LogP contribution < -0.4 is 25.6 Å². The van der Waals surface area contributed by atoms with Crippen molar-refractivity contribution in [3.63, 3.8) is 0 Å². The Morgan fingerprint density at radius 2 is 1.07 bits per heavy atom. The second kappa shape index (κ2) is 11.3. The molecule has 8 aromatic carbocycles. The highest BCUT2D eigenvalue weighted by Crippen LogP contribution is 2.46. The standard InChI is InChI=1S/C50H39NOSi2/c1-53(2)44-24-10-8-20-40(44)48-42(22-13-25-45(48)53)51(34-17-11-16-33(30-34)37-21-12-15-32-14-5-6-18-36(32)37)35-26-27-41-47(31-35)54(3,4)46-29-28-39-38-19-7-9-23-43(38)52-50(39)49(41)46/h5-31H,1-4H3. The largest absolute Gasteiger partial charge is 0.455 e. The SMILES string of the molecule is C[Si]1(C)c2ccccc2-c2c(N(c3cccc(-c4cccc5ccccc45)c3)c3ccc4c(c3)[Si](C)(C)c3ccc5c(oc6ccccc65)c3-4)cccc21. The molecule has 0 aliphatic carbocycles. The molecule has 11 rings (SSSR count). The summed E-state index contributed by atoms with van der Waals surface area (Å²) in [5, 5.41) is 10.8. The highest BCUT2D eigenvalue weighted by Gasteiger charge is 2.42. The number of rotatable bonds is 4. The third-order valence-corrected chi connectivity index (χ3v) is 19.5. The Bertz CT molecular complexity index is 3020. The van der Waals surface area contributed by atoms with Crippen molar-refractivity contribution in [3.8, 4) is 33.4 Å². The average Bonchev–Trinajstić information content (AvgIpc) is 3.78. The lowest BCUT2D eigenvalue weighted by Gasteiger charge is -2.30. The molecular weight excluding hydrogens is 687 g/mol. The number of hydrogen-bond donors (Lipinski definition) is 0. The minimum absolute atomic E-state index is 0.951. The molecular formula is C50H39NOSi2. The Kier molecular flexibility index (Phi) is 6.60. The van der Waals surface area contributed by atoms with Gasteiger partial charge in [-0.2, -0.15) is 0 Å². The maximum absolute atomic E-state index is 6.67. The number of hydrogen-bond acceptors (Lipinski definition) is 2. The van der Waals surface area contributed by atoms with E-state index in [-0.39, 0.29) is 0 Å². The van der Waals surface area contributed by atoms with E-state index >= 15 is 0 Å². The van der Waals surface area contributed by atoms with E-state index in [9.17, 15) is 0 Å². The van der Waals surface area contributed by atoms with Crippen molar-refractivity contribution in [1.82, 2.24) is 0 Å². The predicted molar refractivity (Wildman–Crippen MR) is 236 cm³/mol. The van der Waals surface area contributed by atoms with Crippen molar-refractivity contribution >= 4 is 86.7 Å². The highest BCUT2D eigenvalue weighted by molar-refractivity contribution is 7.04. The fraction of sp³-hybridized carbons (Fsp3) is 0.0800. The predicted octanol–water partition coefficient (Wildman–Crippen LogP) is 11.5. The van der Waals surface area contributed by atoms with Crippen LogP contribution in [0.1, 0.15) is 0 Å². The Balaban J connectivity index is 1.16. The van der Waals surface area contributed by atoms with Gasteiger partial charge in [-0.1, -0.05) is 154 Å².